The molecule has 5 nitrogen and oxygen atoms in total. The minimum atomic E-state index is -0.0453. The molecule has 3 rings (SSSR count). The first-order valence-corrected chi connectivity index (χ1v) is 7.54. The summed E-state index contributed by atoms with van der Waals surface area (Å²) >= 11 is 0. The lowest BCUT2D eigenvalue weighted by atomic mass is 10.1. The molecule has 2 aromatic rings. The van der Waals surface area contributed by atoms with E-state index in [0.29, 0.717) is 12.2 Å². The molecule has 1 aromatic carbocycles. The van der Waals surface area contributed by atoms with E-state index in [0.717, 1.165) is 42.9 Å². The van der Waals surface area contributed by atoms with Crippen molar-refractivity contribution in [3.63, 3.8) is 0 Å². The van der Waals surface area contributed by atoms with Crippen LogP contribution in [-0.4, -0.2) is 34.7 Å². The van der Waals surface area contributed by atoms with E-state index in [9.17, 15) is 4.79 Å². The summed E-state index contributed by atoms with van der Waals surface area (Å²) in [6, 6.07) is 5.84. The number of carbonyl (C=O) groups is 1. The molecule has 112 valence electrons. The van der Waals surface area contributed by atoms with Crippen molar-refractivity contribution in [1.29, 1.82) is 0 Å². The third-order valence-corrected chi connectivity index (χ3v) is 4.01. The molecule has 0 saturated carbocycles. The maximum atomic E-state index is 12.3. The SMILES string of the molecule is CCn1c(C)nc2cc(C(=O)N[C@H]3CCCOC3)ccc21. The van der Waals surface area contributed by atoms with E-state index in [-0.39, 0.29) is 11.9 Å². The molecule has 21 heavy (non-hydrogen) atoms. The fourth-order valence-electron chi connectivity index (χ4n) is 2.91. The molecule has 2 heterocycles. The van der Waals surface area contributed by atoms with Crippen LogP contribution in [0.4, 0.5) is 0 Å². The lowest BCUT2D eigenvalue weighted by Crippen LogP contribution is -2.40. The Kier molecular flexibility index (Phi) is 3.92. The van der Waals surface area contributed by atoms with Gasteiger partial charge in [-0.2, -0.15) is 0 Å². The van der Waals surface area contributed by atoms with Gasteiger partial charge >= 0.3 is 0 Å². The van der Waals surface area contributed by atoms with E-state index in [2.05, 4.69) is 21.8 Å². The maximum Gasteiger partial charge on any atom is 0.251 e. The highest BCUT2D eigenvalue weighted by molar-refractivity contribution is 5.97. The van der Waals surface area contributed by atoms with Gasteiger partial charge in [-0.3, -0.25) is 4.79 Å². The van der Waals surface area contributed by atoms with Gasteiger partial charge in [-0.25, -0.2) is 4.98 Å². The Bertz CT molecular complexity index is 657. The fraction of sp³-hybridized carbons (Fsp3) is 0.500. The van der Waals surface area contributed by atoms with Crippen molar-refractivity contribution in [3.05, 3.63) is 29.6 Å². The summed E-state index contributed by atoms with van der Waals surface area (Å²) < 4.78 is 7.54. The molecule has 0 spiro atoms. The number of aromatic nitrogens is 2. The van der Waals surface area contributed by atoms with Gasteiger partial charge in [0.1, 0.15) is 5.82 Å². The number of hydrogen-bond donors (Lipinski definition) is 1. The number of nitrogens with zero attached hydrogens (tertiary/aromatic N) is 2. The van der Waals surface area contributed by atoms with Gasteiger partial charge in [-0.05, 0) is 44.9 Å². The smallest absolute Gasteiger partial charge is 0.251 e. The van der Waals surface area contributed by atoms with Gasteiger partial charge in [0, 0.05) is 18.7 Å². The van der Waals surface area contributed by atoms with Crippen LogP contribution in [0.1, 0.15) is 35.9 Å². The second kappa shape index (κ2) is 5.85. The highest BCUT2D eigenvalue weighted by atomic mass is 16.5. The first kappa shape index (κ1) is 14.1. The number of carbonyl (C=O) groups excluding carboxylic acids is 1. The Morgan fingerprint density at radius 3 is 3.10 bits per heavy atom. The average Bonchev–Trinajstić information content (AvgIpc) is 2.82. The van der Waals surface area contributed by atoms with Crippen LogP contribution in [-0.2, 0) is 11.3 Å². The standard InChI is InChI=1S/C16H21N3O2/c1-3-19-11(2)17-14-9-12(6-7-15(14)19)16(20)18-13-5-4-8-21-10-13/h6-7,9,13H,3-5,8,10H2,1-2H3,(H,18,20)/t13-/m0/s1. The number of amides is 1. The van der Waals surface area contributed by atoms with Crippen molar-refractivity contribution < 1.29 is 9.53 Å². The molecule has 1 saturated heterocycles. The van der Waals surface area contributed by atoms with Gasteiger partial charge in [0.15, 0.2) is 0 Å². The second-order valence-corrected chi connectivity index (χ2v) is 5.49. The van der Waals surface area contributed by atoms with Crippen molar-refractivity contribution >= 4 is 16.9 Å². The second-order valence-electron chi connectivity index (χ2n) is 5.49. The van der Waals surface area contributed by atoms with Crippen LogP contribution in [0.3, 0.4) is 0 Å². The van der Waals surface area contributed by atoms with Crippen LogP contribution < -0.4 is 5.32 Å². The Labute approximate surface area is 124 Å². The molecule has 0 bridgehead atoms. The third-order valence-electron chi connectivity index (χ3n) is 4.01. The summed E-state index contributed by atoms with van der Waals surface area (Å²) in [4.78, 5) is 16.8. The number of ether oxygens (including phenoxy) is 1. The van der Waals surface area contributed by atoms with Gasteiger partial charge in [-0.15, -0.1) is 0 Å². The topological polar surface area (TPSA) is 56.2 Å². The maximum absolute atomic E-state index is 12.3. The van der Waals surface area contributed by atoms with Crippen LogP contribution in [0.25, 0.3) is 11.0 Å². The molecule has 1 N–H and O–H groups in total. The largest absolute Gasteiger partial charge is 0.379 e. The van der Waals surface area contributed by atoms with Gasteiger partial charge in [-0.1, -0.05) is 0 Å². The Balaban J connectivity index is 1.81. The molecule has 1 aromatic heterocycles. The summed E-state index contributed by atoms with van der Waals surface area (Å²) in [5, 5.41) is 3.04. The number of rotatable bonds is 3. The van der Waals surface area contributed by atoms with E-state index in [1.165, 1.54) is 0 Å². The van der Waals surface area contributed by atoms with Gasteiger partial charge in [0.2, 0.25) is 0 Å². The zero-order chi connectivity index (χ0) is 14.8. The van der Waals surface area contributed by atoms with Crippen molar-refractivity contribution in [2.75, 3.05) is 13.2 Å². The molecule has 1 amide bonds. The minimum Gasteiger partial charge on any atom is -0.379 e. The number of benzene rings is 1. The third kappa shape index (κ3) is 2.78. The Morgan fingerprint density at radius 1 is 1.52 bits per heavy atom. The van der Waals surface area contributed by atoms with Crippen LogP contribution in [0.5, 0.6) is 0 Å². The summed E-state index contributed by atoms with van der Waals surface area (Å²) in [6.45, 7) is 6.37. The molecule has 0 radical (unpaired) electrons. The van der Waals surface area contributed by atoms with Crippen LogP contribution >= 0.6 is 0 Å². The first-order valence-electron chi connectivity index (χ1n) is 7.54. The highest BCUT2D eigenvalue weighted by Crippen LogP contribution is 2.18. The lowest BCUT2D eigenvalue weighted by molar-refractivity contribution is 0.0624. The number of fused-ring (bicyclic) bond motifs is 1. The van der Waals surface area contributed by atoms with E-state index in [1.54, 1.807) is 0 Å². The summed E-state index contributed by atoms with van der Waals surface area (Å²) in [5.41, 5.74) is 2.61. The molecular weight excluding hydrogens is 266 g/mol. The highest BCUT2D eigenvalue weighted by Gasteiger charge is 2.18. The van der Waals surface area contributed by atoms with Gasteiger partial charge in [0.05, 0.1) is 23.7 Å². The molecule has 0 unspecified atom stereocenters. The zero-order valence-corrected chi connectivity index (χ0v) is 12.6. The average molecular weight is 287 g/mol. The fourth-order valence-corrected chi connectivity index (χ4v) is 2.91. The van der Waals surface area contributed by atoms with Crippen LogP contribution in [0.2, 0.25) is 0 Å². The molecular formula is C16H21N3O2. The minimum absolute atomic E-state index is 0.0453. The van der Waals surface area contributed by atoms with E-state index in [1.807, 2.05) is 25.1 Å². The van der Waals surface area contributed by atoms with E-state index in [4.69, 9.17) is 4.74 Å². The summed E-state index contributed by atoms with van der Waals surface area (Å²) in [6.07, 6.45) is 1.99. The van der Waals surface area contributed by atoms with Crippen molar-refractivity contribution in [1.82, 2.24) is 14.9 Å². The predicted molar refractivity (Wildman–Crippen MR) is 81.5 cm³/mol. The Morgan fingerprint density at radius 2 is 2.38 bits per heavy atom. The van der Waals surface area contributed by atoms with Crippen LogP contribution in [0.15, 0.2) is 18.2 Å². The summed E-state index contributed by atoms with van der Waals surface area (Å²) in [5.74, 6) is 0.932. The summed E-state index contributed by atoms with van der Waals surface area (Å²) in [7, 11) is 0. The quantitative estimate of drug-likeness (QED) is 0.942. The Hall–Kier alpha value is -1.88. The number of imidazole rings is 1. The molecule has 0 aliphatic carbocycles. The van der Waals surface area contributed by atoms with E-state index >= 15 is 0 Å². The van der Waals surface area contributed by atoms with Crippen molar-refractivity contribution in [2.45, 2.75) is 39.3 Å². The van der Waals surface area contributed by atoms with Crippen LogP contribution in [0, 0.1) is 6.92 Å². The number of nitrogens with one attached hydrogen (secondary N) is 1. The van der Waals surface area contributed by atoms with Gasteiger partial charge < -0.3 is 14.6 Å². The normalized spacial score (nSPS) is 18.9. The molecule has 1 aliphatic rings. The molecule has 5 heteroatoms. The van der Waals surface area contributed by atoms with E-state index < -0.39 is 0 Å². The lowest BCUT2D eigenvalue weighted by Gasteiger charge is -2.23. The molecule has 1 atom stereocenters. The zero-order valence-electron chi connectivity index (χ0n) is 12.6. The van der Waals surface area contributed by atoms with Crippen molar-refractivity contribution in [2.24, 2.45) is 0 Å². The molecule has 1 aliphatic heterocycles. The van der Waals surface area contributed by atoms with Crippen molar-refractivity contribution in [3.8, 4) is 0 Å². The number of aryl methyl sites for hydroxylation is 2. The number of hydrogen-bond acceptors (Lipinski definition) is 3. The predicted octanol–water partition coefficient (Wildman–Crippen LogP) is 2.27. The monoisotopic (exact) mass is 287 g/mol. The van der Waals surface area contributed by atoms with Gasteiger partial charge in [0.25, 0.3) is 5.91 Å². The first-order chi connectivity index (χ1) is 10.2. The molecule has 1 fully saturated rings.